The molecule has 0 aliphatic heterocycles. The fraction of sp³-hybridized carbons (Fsp3) is 0.600. The van der Waals surface area contributed by atoms with Crippen LogP contribution in [0.1, 0.15) is 13.8 Å². The number of rotatable bonds is 0. The molecule has 0 spiro atoms. The first-order valence-corrected chi connectivity index (χ1v) is 2.87. The number of hydrogen-bond acceptors (Lipinski definition) is 0. The van der Waals surface area contributed by atoms with Gasteiger partial charge in [0.1, 0.15) is 0 Å². The van der Waals surface area contributed by atoms with E-state index in [1.54, 1.807) is 0 Å². The van der Waals surface area contributed by atoms with Crippen LogP contribution in [0, 0.1) is 0 Å². The van der Waals surface area contributed by atoms with E-state index < -0.39 is 4.84 Å². The first-order valence-electron chi connectivity index (χ1n) is 2.11. The minimum atomic E-state index is -3.56. The van der Waals surface area contributed by atoms with Crippen LogP contribution in [-0.4, -0.2) is 4.84 Å². The zero-order valence-corrected chi connectivity index (χ0v) is 6.73. The minimum Gasteiger partial charge on any atom is -0.172 e. The first kappa shape index (κ1) is 11.9. The fourth-order valence-electron chi connectivity index (χ4n) is 0. The van der Waals surface area contributed by atoms with Crippen LogP contribution >= 0.6 is 23.2 Å². The SMILES string of the molecule is C=C(C)C.FC(F)(Cl)Cl. The van der Waals surface area contributed by atoms with Gasteiger partial charge in [0.2, 0.25) is 0 Å². The van der Waals surface area contributed by atoms with Crippen molar-refractivity contribution in [2.45, 2.75) is 18.7 Å². The molecule has 0 atom stereocenters. The predicted octanol–water partition coefficient (Wildman–Crippen LogP) is 3.60. The van der Waals surface area contributed by atoms with E-state index in [-0.39, 0.29) is 0 Å². The molecule has 0 N–H and O–H groups in total. The lowest BCUT2D eigenvalue weighted by Gasteiger charge is -1.87. The summed E-state index contributed by atoms with van der Waals surface area (Å²) in [5.74, 6) is 0. The molecule has 56 valence electrons. The van der Waals surface area contributed by atoms with Gasteiger partial charge in [0.25, 0.3) is 0 Å². The molecule has 0 radical (unpaired) electrons. The zero-order valence-electron chi connectivity index (χ0n) is 5.22. The molecule has 0 amide bonds. The molecule has 0 bridgehead atoms. The van der Waals surface area contributed by atoms with Crippen molar-refractivity contribution in [3.8, 4) is 0 Å². The van der Waals surface area contributed by atoms with E-state index in [9.17, 15) is 8.78 Å². The third kappa shape index (κ3) is 9640. The number of allylic oxidation sites excluding steroid dienone is 1. The van der Waals surface area contributed by atoms with Gasteiger partial charge in [0.05, 0.1) is 0 Å². The average molecular weight is 177 g/mol. The molecule has 0 aromatic heterocycles. The van der Waals surface area contributed by atoms with Gasteiger partial charge in [-0.3, -0.25) is 0 Å². The highest BCUT2D eigenvalue weighted by Gasteiger charge is 2.17. The van der Waals surface area contributed by atoms with Gasteiger partial charge in [0, 0.05) is 0 Å². The Morgan fingerprint density at radius 1 is 1.33 bits per heavy atom. The minimum absolute atomic E-state index is 1.17. The topological polar surface area (TPSA) is 0 Å². The lowest BCUT2D eigenvalue weighted by molar-refractivity contribution is 0.194. The van der Waals surface area contributed by atoms with Crippen molar-refractivity contribution in [1.82, 2.24) is 0 Å². The zero-order chi connectivity index (χ0) is 8.08. The van der Waals surface area contributed by atoms with Crippen LogP contribution in [-0.2, 0) is 0 Å². The molecule has 0 nitrogen and oxygen atoms in total. The van der Waals surface area contributed by atoms with Crippen LogP contribution in [0.2, 0.25) is 0 Å². The second-order valence-corrected chi connectivity index (χ2v) is 2.78. The maximum atomic E-state index is 10.6. The molecular weight excluding hydrogens is 169 g/mol. The molecule has 0 heterocycles. The van der Waals surface area contributed by atoms with Crippen LogP contribution in [0.25, 0.3) is 0 Å². The van der Waals surface area contributed by atoms with Crippen molar-refractivity contribution >= 4 is 23.2 Å². The van der Waals surface area contributed by atoms with E-state index in [1.165, 1.54) is 5.57 Å². The summed E-state index contributed by atoms with van der Waals surface area (Å²) < 4.78 is 21.1. The highest BCUT2D eigenvalue weighted by molar-refractivity contribution is 6.45. The van der Waals surface area contributed by atoms with Gasteiger partial charge < -0.3 is 0 Å². The molecule has 0 unspecified atom stereocenters. The molecule has 0 aromatic carbocycles. The summed E-state index contributed by atoms with van der Waals surface area (Å²) >= 11 is 7.92. The van der Waals surface area contributed by atoms with Gasteiger partial charge in [-0.25, -0.2) is 0 Å². The van der Waals surface area contributed by atoms with E-state index in [4.69, 9.17) is 0 Å². The number of alkyl halides is 4. The Morgan fingerprint density at radius 3 is 1.33 bits per heavy atom. The molecule has 0 rings (SSSR count). The monoisotopic (exact) mass is 176 g/mol. The van der Waals surface area contributed by atoms with E-state index in [0.717, 1.165) is 0 Å². The maximum Gasteiger partial charge on any atom is 0.401 e. The Morgan fingerprint density at radius 2 is 1.33 bits per heavy atom. The Labute approximate surface area is 63.5 Å². The smallest absolute Gasteiger partial charge is 0.172 e. The summed E-state index contributed by atoms with van der Waals surface area (Å²) in [4.78, 5) is -3.56. The summed E-state index contributed by atoms with van der Waals surface area (Å²) in [6.45, 7) is 7.50. The largest absolute Gasteiger partial charge is 0.401 e. The predicted molar refractivity (Wildman–Crippen MR) is 37.1 cm³/mol. The Bertz CT molecular complexity index is 75.4. The van der Waals surface area contributed by atoms with Gasteiger partial charge in [-0.05, 0) is 37.0 Å². The molecule has 0 aliphatic carbocycles. The molecule has 0 aromatic rings. The number of halogens is 4. The quantitative estimate of drug-likeness (QED) is 0.391. The second-order valence-electron chi connectivity index (χ2n) is 1.64. The van der Waals surface area contributed by atoms with Crippen molar-refractivity contribution in [2.75, 3.05) is 0 Å². The van der Waals surface area contributed by atoms with Crippen LogP contribution in [0.15, 0.2) is 12.2 Å². The van der Waals surface area contributed by atoms with E-state index >= 15 is 0 Å². The first-order chi connectivity index (χ1) is 3.73. The summed E-state index contributed by atoms with van der Waals surface area (Å²) in [6.07, 6.45) is 0. The third-order valence-electron chi connectivity index (χ3n) is 0. The van der Waals surface area contributed by atoms with Gasteiger partial charge in [-0.15, -0.1) is 6.58 Å². The van der Waals surface area contributed by atoms with E-state index in [1.807, 2.05) is 13.8 Å². The lowest BCUT2D eigenvalue weighted by atomic mass is 10.4. The summed E-state index contributed by atoms with van der Waals surface area (Å²) in [7, 11) is 0. The Balaban J connectivity index is 0. The van der Waals surface area contributed by atoms with Crippen LogP contribution < -0.4 is 0 Å². The van der Waals surface area contributed by atoms with E-state index in [2.05, 4.69) is 29.8 Å². The van der Waals surface area contributed by atoms with Crippen molar-refractivity contribution < 1.29 is 8.78 Å². The molecule has 0 aliphatic rings. The standard InChI is InChI=1S/C4H8.CCl2F2/c1-4(2)3;2-1(3,4)5/h1H2,2-3H3;. The third-order valence-corrected chi connectivity index (χ3v) is 0. The molecule has 0 saturated carbocycles. The van der Waals surface area contributed by atoms with E-state index in [0.29, 0.717) is 0 Å². The van der Waals surface area contributed by atoms with Crippen molar-refractivity contribution in [2.24, 2.45) is 0 Å². The maximum absolute atomic E-state index is 10.6. The van der Waals surface area contributed by atoms with Crippen molar-refractivity contribution in [3.05, 3.63) is 12.2 Å². The Kier molecular flexibility index (Phi) is 6.62. The van der Waals surface area contributed by atoms with Crippen LogP contribution in [0.4, 0.5) is 8.78 Å². The molecule has 4 heteroatoms. The number of hydrogen-bond donors (Lipinski definition) is 0. The van der Waals surface area contributed by atoms with Gasteiger partial charge >= 0.3 is 4.84 Å². The lowest BCUT2D eigenvalue weighted by Crippen LogP contribution is -1.86. The van der Waals surface area contributed by atoms with Crippen molar-refractivity contribution in [3.63, 3.8) is 0 Å². The molecule has 9 heavy (non-hydrogen) atoms. The average Bonchev–Trinajstić information content (AvgIpc) is 1.19. The second kappa shape index (κ2) is 5.00. The summed E-state index contributed by atoms with van der Waals surface area (Å²) in [5.41, 5.74) is 1.17. The molecule has 0 fully saturated rings. The normalized spacial score (nSPS) is 9.56. The Hall–Kier alpha value is 0.180. The molecular formula is C5H8Cl2F2. The van der Waals surface area contributed by atoms with Gasteiger partial charge in [-0.1, -0.05) is 5.57 Å². The molecule has 0 saturated heterocycles. The van der Waals surface area contributed by atoms with Crippen molar-refractivity contribution in [1.29, 1.82) is 0 Å². The van der Waals surface area contributed by atoms with Gasteiger partial charge in [0.15, 0.2) is 0 Å². The summed E-state index contributed by atoms with van der Waals surface area (Å²) in [6, 6.07) is 0. The highest BCUT2D eigenvalue weighted by Crippen LogP contribution is 2.22. The fourth-order valence-corrected chi connectivity index (χ4v) is 0. The van der Waals surface area contributed by atoms with Crippen LogP contribution in [0.3, 0.4) is 0 Å². The highest BCUT2D eigenvalue weighted by atomic mass is 35.5. The van der Waals surface area contributed by atoms with Crippen LogP contribution in [0.5, 0.6) is 0 Å². The van der Waals surface area contributed by atoms with Gasteiger partial charge in [-0.2, -0.15) is 8.78 Å². The summed E-state index contributed by atoms with van der Waals surface area (Å²) in [5, 5.41) is 0.